The highest BCUT2D eigenvalue weighted by Gasteiger charge is 2.35. The van der Waals surface area contributed by atoms with Crippen LogP contribution >= 0.6 is 0 Å². The molecule has 1 amide bonds. The summed E-state index contributed by atoms with van der Waals surface area (Å²) in [6.07, 6.45) is 5.98. The molecule has 6 heteroatoms. The molecule has 1 saturated heterocycles. The van der Waals surface area contributed by atoms with E-state index in [0.29, 0.717) is 17.7 Å². The Balaban J connectivity index is 1.46. The quantitative estimate of drug-likeness (QED) is 0.927. The van der Waals surface area contributed by atoms with Crippen molar-refractivity contribution in [3.8, 4) is 0 Å². The molecular formula is C19H25N5O. The highest BCUT2D eigenvalue weighted by Crippen LogP contribution is 2.32. The van der Waals surface area contributed by atoms with Crippen LogP contribution in [0, 0.1) is 25.7 Å². The first kappa shape index (κ1) is 16.2. The summed E-state index contributed by atoms with van der Waals surface area (Å²) in [5.41, 5.74) is 2.85. The van der Waals surface area contributed by atoms with E-state index in [0.717, 1.165) is 73.4 Å². The van der Waals surface area contributed by atoms with Crippen molar-refractivity contribution < 1.29 is 4.79 Å². The second kappa shape index (κ2) is 6.58. The summed E-state index contributed by atoms with van der Waals surface area (Å²) in [5.74, 6) is 2.00. The molecule has 4 rings (SSSR count). The average Bonchev–Trinajstić information content (AvgIpc) is 3.44. The standard InChI is InChI=1S/C19H25N5O/c1-12-8-13(2)23-18-16(12)17(21-11-22-18)20-9-14-4-3-7-24(10-14)19(25)15-5-6-15/h8,11,14-15H,3-7,9-10H2,1-2H3,(H,20,21,22,23)/t14-/m0/s1. The van der Waals surface area contributed by atoms with Gasteiger partial charge in [0, 0.05) is 31.2 Å². The maximum absolute atomic E-state index is 12.3. The summed E-state index contributed by atoms with van der Waals surface area (Å²) in [6, 6.07) is 2.06. The van der Waals surface area contributed by atoms with Crippen molar-refractivity contribution >= 4 is 22.8 Å². The van der Waals surface area contributed by atoms with Crippen LogP contribution in [0.25, 0.3) is 11.0 Å². The summed E-state index contributed by atoms with van der Waals surface area (Å²) >= 11 is 0. The number of likely N-dealkylation sites (tertiary alicyclic amines) is 1. The van der Waals surface area contributed by atoms with Crippen LogP contribution in [0.2, 0.25) is 0 Å². The van der Waals surface area contributed by atoms with E-state index in [2.05, 4.69) is 38.2 Å². The van der Waals surface area contributed by atoms with E-state index in [1.165, 1.54) is 0 Å². The molecule has 0 radical (unpaired) electrons. The Hall–Kier alpha value is -2.24. The van der Waals surface area contributed by atoms with Crippen LogP contribution in [0.3, 0.4) is 0 Å². The van der Waals surface area contributed by atoms with Gasteiger partial charge in [-0.05, 0) is 57.1 Å². The molecule has 1 saturated carbocycles. The van der Waals surface area contributed by atoms with Gasteiger partial charge >= 0.3 is 0 Å². The molecule has 0 unspecified atom stereocenters. The molecule has 2 aromatic heterocycles. The minimum Gasteiger partial charge on any atom is -0.369 e. The van der Waals surface area contributed by atoms with Crippen LogP contribution in [0.4, 0.5) is 5.82 Å². The van der Waals surface area contributed by atoms with Gasteiger partial charge in [0.05, 0.1) is 5.39 Å². The van der Waals surface area contributed by atoms with Gasteiger partial charge < -0.3 is 10.2 Å². The zero-order valence-electron chi connectivity index (χ0n) is 15.0. The lowest BCUT2D eigenvalue weighted by atomic mass is 9.97. The maximum atomic E-state index is 12.3. The highest BCUT2D eigenvalue weighted by atomic mass is 16.2. The second-order valence-corrected chi connectivity index (χ2v) is 7.45. The minimum absolute atomic E-state index is 0.314. The van der Waals surface area contributed by atoms with Crippen LogP contribution in [0.15, 0.2) is 12.4 Å². The van der Waals surface area contributed by atoms with E-state index in [-0.39, 0.29) is 0 Å². The number of rotatable bonds is 4. The van der Waals surface area contributed by atoms with E-state index in [4.69, 9.17) is 0 Å². The monoisotopic (exact) mass is 339 g/mol. The lowest BCUT2D eigenvalue weighted by Gasteiger charge is -2.33. The first-order chi connectivity index (χ1) is 12.1. The van der Waals surface area contributed by atoms with Gasteiger partial charge in [0.15, 0.2) is 5.65 Å². The number of hydrogen-bond acceptors (Lipinski definition) is 5. The normalized spacial score (nSPS) is 20.7. The summed E-state index contributed by atoms with van der Waals surface area (Å²) in [7, 11) is 0. The number of carbonyl (C=O) groups excluding carboxylic acids is 1. The van der Waals surface area contributed by atoms with Gasteiger partial charge in [-0.3, -0.25) is 4.79 Å². The maximum Gasteiger partial charge on any atom is 0.225 e. The molecule has 25 heavy (non-hydrogen) atoms. The third-order valence-electron chi connectivity index (χ3n) is 5.24. The van der Waals surface area contributed by atoms with E-state index in [1.54, 1.807) is 6.33 Å². The van der Waals surface area contributed by atoms with Gasteiger partial charge in [-0.15, -0.1) is 0 Å². The van der Waals surface area contributed by atoms with E-state index in [9.17, 15) is 4.79 Å². The van der Waals surface area contributed by atoms with Gasteiger partial charge in [0.25, 0.3) is 0 Å². The molecule has 6 nitrogen and oxygen atoms in total. The van der Waals surface area contributed by atoms with E-state index in [1.807, 2.05) is 6.92 Å². The smallest absolute Gasteiger partial charge is 0.225 e. The number of aryl methyl sites for hydroxylation is 2. The fraction of sp³-hybridized carbons (Fsp3) is 0.579. The Labute approximate surface area is 148 Å². The Morgan fingerprint density at radius 2 is 2.12 bits per heavy atom. The number of carbonyl (C=O) groups is 1. The van der Waals surface area contributed by atoms with Crippen molar-refractivity contribution in [2.75, 3.05) is 25.0 Å². The zero-order chi connectivity index (χ0) is 17.4. The fourth-order valence-corrected chi connectivity index (χ4v) is 3.80. The van der Waals surface area contributed by atoms with Crippen LogP contribution in [-0.2, 0) is 4.79 Å². The van der Waals surface area contributed by atoms with Crippen molar-refractivity contribution in [2.45, 2.75) is 39.5 Å². The number of nitrogens with one attached hydrogen (secondary N) is 1. The molecule has 2 fully saturated rings. The number of piperidine rings is 1. The lowest BCUT2D eigenvalue weighted by Crippen LogP contribution is -2.42. The first-order valence-corrected chi connectivity index (χ1v) is 9.23. The van der Waals surface area contributed by atoms with Crippen molar-refractivity contribution in [3.63, 3.8) is 0 Å². The minimum atomic E-state index is 0.314. The van der Waals surface area contributed by atoms with Crippen LogP contribution in [0.1, 0.15) is 36.9 Å². The van der Waals surface area contributed by atoms with Crippen molar-refractivity contribution in [1.82, 2.24) is 19.9 Å². The molecule has 1 atom stereocenters. The molecule has 2 aromatic rings. The molecule has 2 aliphatic rings. The number of aromatic nitrogens is 3. The van der Waals surface area contributed by atoms with Crippen LogP contribution < -0.4 is 5.32 Å². The largest absolute Gasteiger partial charge is 0.369 e. The van der Waals surface area contributed by atoms with Gasteiger partial charge in [0.1, 0.15) is 12.1 Å². The Morgan fingerprint density at radius 1 is 1.28 bits per heavy atom. The molecule has 1 aliphatic carbocycles. The number of anilines is 1. The zero-order valence-corrected chi connectivity index (χ0v) is 15.0. The number of pyridine rings is 1. The molecule has 3 heterocycles. The van der Waals surface area contributed by atoms with Crippen molar-refractivity contribution in [1.29, 1.82) is 0 Å². The number of hydrogen-bond donors (Lipinski definition) is 1. The molecule has 132 valence electrons. The molecule has 0 spiro atoms. The SMILES string of the molecule is Cc1cc(C)c2c(NC[C@@H]3CCCN(C(=O)C4CC4)C3)ncnc2n1. The fourth-order valence-electron chi connectivity index (χ4n) is 3.80. The molecule has 1 aliphatic heterocycles. The summed E-state index contributed by atoms with van der Waals surface area (Å²) in [6.45, 7) is 6.66. The molecule has 1 N–H and O–H groups in total. The topological polar surface area (TPSA) is 71.0 Å². The first-order valence-electron chi connectivity index (χ1n) is 9.23. The van der Waals surface area contributed by atoms with Gasteiger partial charge in [-0.1, -0.05) is 0 Å². The lowest BCUT2D eigenvalue weighted by molar-refractivity contribution is -0.134. The predicted octanol–water partition coefficient (Wildman–Crippen LogP) is 2.70. The highest BCUT2D eigenvalue weighted by molar-refractivity contribution is 5.89. The third-order valence-corrected chi connectivity index (χ3v) is 5.24. The Bertz CT molecular complexity index is 802. The number of fused-ring (bicyclic) bond motifs is 1. The summed E-state index contributed by atoms with van der Waals surface area (Å²) in [5, 5.41) is 4.49. The van der Waals surface area contributed by atoms with E-state index < -0.39 is 0 Å². The van der Waals surface area contributed by atoms with Crippen molar-refractivity contribution in [2.24, 2.45) is 11.8 Å². The average molecular weight is 339 g/mol. The molecular weight excluding hydrogens is 314 g/mol. The predicted molar refractivity (Wildman–Crippen MR) is 97.3 cm³/mol. The van der Waals surface area contributed by atoms with Crippen LogP contribution in [0.5, 0.6) is 0 Å². The third kappa shape index (κ3) is 3.43. The number of nitrogens with zero attached hydrogens (tertiary/aromatic N) is 4. The Kier molecular flexibility index (Phi) is 4.27. The summed E-state index contributed by atoms with van der Waals surface area (Å²) in [4.78, 5) is 27.6. The molecule has 0 aromatic carbocycles. The number of amides is 1. The van der Waals surface area contributed by atoms with Gasteiger partial charge in [-0.2, -0.15) is 0 Å². The summed E-state index contributed by atoms with van der Waals surface area (Å²) < 4.78 is 0. The Morgan fingerprint density at radius 3 is 2.92 bits per heavy atom. The van der Waals surface area contributed by atoms with Crippen molar-refractivity contribution in [3.05, 3.63) is 23.7 Å². The van der Waals surface area contributed by atoms with Crippen LogP contribution in [-0.4, -0.2) is 45.4 Å². The van der Waals surface area contributed by atoms with Gasteiger partial charge in [-0.25, -0.2) is 15.0 Å². The molecule has 0 bridgehead atoms. The van der Waals surface area contributed by atoms with E-state index >= 15 is 0 Å². The second-order valence-electron chi connectivity index (χ2n) is 7.45. The van der Waals surface area contributed by atoms with Gasteiger partial charge in [0.2, 0.25) is 5.91 Å².